The lowest BCUT2D eigenvalue weighted by Crippen LogP contribution is -2.06. The van der Waals surface area contributed by atoms with E-state index < -0.39 is 0 Å². The molecule has 0 aliphatic rings. The smallest absolute Gasteiger partial charge is 0.224 e. The summed E-state index contributed by atoms with van der Waals surface area (Å²) < 4.78 is 0. The maximum absolute atomic E-state index is 4.33. The molecule has 18 heavy (non-hydrogen) atoms. The molecule has 2 aromatic rings. The molecule has 0 bridgehead atoms. The number of pyridine rings is 1. The van der Waals surface area contributed by atoms with E-state index in [1.54, 1.807) is 24.7 Å². The Morgan fingerprint density at radius 2 is 1.94 bits per heavy atom. The second-order valence-corrected chi connectivity index (χ2v) is 3.64. The molecule has 0 radical (unpaired) electrons. The molecule has 0 spiro atoms. The predicted octanol–water partition coefficient (Wildman–Crippen LogP) is 2.08. The Morgan fingerprint density at radius 1 is 1.11 bits per heavy atom. The fraction of sp³-hybridized carbons (Fsp3) is 0.154. The molecule has 0 saturated heterocycles. The third-order valence-corrected chi connectivity index (χ3v) is 2.28. The molecule has 0 fully saturated rings. The fourth-order valence-corrected chi connectivity index (χ4v) is 1.40. The van der Waals surface area contributed by atoms with Gasteiger partial charge in [-0.15, -0.1) is 6.58 Å². The van der Waals surface area contributed by atoms with E-state index >= 15 is 0 Å². The minimum absolute atomic E-state index is 0.598. The van der Waals surface area contributed by atoms with E-state index in [-0.39, 0.29) is 0 Å². The monoisotopic (exact) mass is 241 g/mol. The van der Waals surface area contributed by atoms with Crippen molar-refractivity contribution in [3.05, 3.63) is 55.0 Å². The van der Waals surface area contributed by atoms with Crippen molar-refractivity contribution in [1.82, 2.24) is 15.0 Å². The predicted molar refractivity (Wildman–Crippen MR) is 72.3 cm³/mol. The second kappa shape index (κ2) is 6.34. The Labute approximate surface area is 106 Å². The molecular weight excluding hydrogens is 226 g/mol. The summed E-state index contributed by atoms with van der Waals surface area (Å²) in [7, 11) is 0. The normalized spacial score (nSPS) is 9.78. The van der Waals surface area contributed by atoms with E-state index in [0.717, 1.165) is 11.4 Å². The molecular formula is C13H15N5. The van der Waals surface area contributed by atoms with Gasteiger partial charge in [0.15, 0.2) is 0 Å². The third-order valence-electron chi connectivity index (χ3n) is 2.28. The van der Waals surface area contributed by atoms with Crippen molar-refractivity contribution in [3.8, 4) is 0 Å². The summed E-state index contributed by atoms with van der Waals surface area (Å²) in [5, 5.41) is 6.28. The Bertz CT molecular complexity index is 498. The van der Waals surface area contributed by atoms with E-state index in [0.29, 0.717) is 19.0 Å². The molecule has 2 N–H and O–H groups in total. The lowest BCUT2D eigenvalue weighted by Gasteiger charge is -2.07. The maximum Gasteiger partial charge on any atom is 0.224 e. The van der Waals surface area contributed by atoms with E-state index in [2.05, 4.69) is 32.2 Å². The van der Waals surface area contributed by atoms with Crippen LogP contribution in [-0.2, 0) is 6.54 Å². The van der Waals surface area contributed by atoms with E-state index in [9.17, 15) is 0 Å². The molecule has 2 aromatic heterocycles. The first-order valence-electron chi connectivity index (χ1n) is 5.69. The van der Waals surface area contributed by atoms with Crippen LogP contribution in [0.1, 0.15) is 5.56 Å². The molecule has 0 aliphatic heterocycles. The highest BCUT2D eigenvalue weighted by atomic mass is 15.1. The fourth-order valence-electron chi connectivity index (χ4n) is 1.40. The summed E-state index contributed by atoms with van der Waals surface area (Å²) >= 11 is 0. The summed E-state index contributed by atoms with van der Waals surface area (Å²) in [4.78, 5) is 12.5. The van der Waals surface area contributed by atoms with Crippen molar-refractivity contribution in [2.24, 2.45) is 0 Å². The van der Waals surface area contributed by atoms with Gasteiger partial charge in [-0.2, -0.15) is 4.98 Å². The van der Waals surface area contributed by atoms with Crippen LogP contribution in [0.25, 0.3) is 0 Å². The first kappa shape index (κ1) is 12.0. The van der Waals surface area contributed by atoms with Crippen LogP contribution in [0.2, 0.25) is 0 Å². The van der Waals surface area contributed by atoms with Gasteiger partial charge in [0.2, 0.25) is 5.95 Å². The van der Waals surface area contributed by atoms with Gasteiger partial charge in [0, 0.05) is 31.7 Å². The number of anilines is 2. The average molecular weight is 241 g/mol. The highest BCUT2D eigenvalue weighted by molar-refractivity contribution is 5.40. The SMILES string of the molecule is C=CCNc1ccnc(NCc2ccncc2)n1. The number of aromatic nitrogens is 3. The number of hydrogen-bond donors (Lipinski definition) is 2. The summed E-state index contributed by atoms with van der Waals surface area (Å²) in [5.74, 6) is 1.38. The standard InChI is InChI=1S/C13H15N5/c1-2-6-15-12-5-9-16-13(18-12)17-10-11-3-7-14-8-4-11/h2-5,7-9H,1,6,10H2,(H2,15,16,17,18). The topological polar surface area (TPSA) is 62.7 Å². The van der Waals surface area contributed by atoms with Gasteiger partial charge in [0.25, 0.3) is 0 Å². The highest BCUT2D eigenvalue weighted by Gasteiger charge is 1.98. The van der Waals surface area contributed by atoms with Crippen molar-refractivity contribution in [3.63, 3.8) is 0 Å². The zero-order chi connectivity index (χ0) is 12.6. The Hall–Kier alpha value is -2.43. The molecule has 0 unspecified atom stereocenters. The lowest BCUT2D eigenvalue weighted by molar-refractivity contribution is 1.04. The molecule has 0 aliphatic carbocycles. The highest BCUT2D eigenvalue weighted by Crippen LogP contribution is 2.07. The Kier molecular flexibility index (Phi) is 4.24. The van der Waals surface area contributed by atoms with Gasteiger partial charge in [-0.1, -0.05) is 6.08 Å². The van der Waals surface area contributed by atoms with Crippen molar-refractivity contribution < 1.29 is 0 Å². The zero-order valence-corrected chi connectivity index (χ0v) is 10.0. The van der Waals surface area contributed by atoms with Crippen LogP contribution in [0.5, 0.6) is 0 Å². The Balaban J connectivity index is 1.95. The van der Waals surface area contributed by atoms with Crippen LogP contribution >= 0.6 is 0 Å². The molecule has 5 heteroatoms. The zero-order valence-electron chi connectivity index (χ0n) is 10.0. The number of nitrogens with zero attached hydrogens (tertiary/aromatic N) is 3. The second-order valence-electron chi connectivity index (χ2n) is 3.64. The molecule has 2 heterocycles. The van der Waals surface area contributed by atoms with Gasteiger partial charge in [0.1, 0.15) is 5.82 Å². The van der Waals surface area contributed by atoms with E-state index in [1.165, 1.54) is 0 Å². The minimum Gasteiger partial charge on any atom is -0.366 e. The molecule has 2 rings (SSSR count). The van der Waals surface area contributed by atoms with Crippen LogP contribution in [0, 0.1) is 0 Å². The number of nitrogens with one attached hydrogen (secondary N) is 2. The quantitative estimate of drug-likeness (QED) is 0.758. The van der Waals surface area contributed by atoms with Gasteiger partial charge >= 0.3 is 0 Å². The van der Waals surface area contributed by atoms with Crippen LogP contribution in [-0.4, -0.2) is 21.5 Å². The summed E-state index contributed by atoms with van der Waals surface area (Å²) in [6, 6.07) is 5.72. The van der Waals surface area contributed by atoms with E-state index in [4.69, 9.17) is 0 Å². The first-order chi connectivity index (χ1) is 8.88. The molecule has 0 aromatic carbocycles. The summed E-state index contributed by atoms with van der Waals surface area (Å²) in [6.07, 6.45) is 7.03. The van der Waals surface area contributed by atoms with E-state index in [1.807, 2.05) is 18.2 Å². The van der Waals surface area contributed by atoms with Gasteiger partial charge in [-0.25, -0.2) is 4.98 Å². The largest absolute Gasteiger partial charge is 0.366 e. The van der Waals surface area contributed by atoms with Crippen LogP contribution in [0.15, 0.2) is 49.4 Å². The van der Waals surface area contributed by atoms with Crippen LogP contribution in [0.3, 0.4) is 0 Å². The van der Waals surface area contributed by atoms with Gasteiger partial charge < -0.3 is 10.6 Å². The van der Waals surface area contributed by atoms with Crippen LogP contribution in [0.4, 0.5) is 11.8 Å². The number of rotatable bonds is 6. The molecule has 0 amide bonds. The van der Waals surface area contributed by atoms with Crippen molar-refractivity contribution in [2.75, 3.05) is 17.2 Å². The van der Waals surface area contributed by atoms with Crippen LogP contribution < -0.4 is 10.6 Å². The summed E-state index contributed by atoms with van der Waals surface area (Å²) in [5.41, 5.74) is 1.14. The maximum atomic E-state index is 4.33. The first-order valence-corrected chi connectivity index (χ1v) is 5.69. The van der Waals surface area contributed by atoms with Gasteiger partial charge in [0.05, 0.1) is 0 Å². The lowest BCUT2D eigenvalue weighted by atomic mass is 10.3. The molecule has 0 saturated carbocycles. The summed E-state index contributed by atoms with van der Waals surface area (Å²) in [6.45, 7) is 5.00. The van der Waals surface area contributed by atoms with Crippen molar-refractivity contribution in [1.29, 1.82) is 0 Å². The number of hydrogen-bond acceptors (Lipinski definition) is 5. The minimum atomic E-state index is 0.598. The third kappa shape index (κ3) is 3.55. The molecule has 5 nitrogen and oxygen atoms in total. The van der Waals surface area contributed by atoms with Crippen molar-refractivity contribution in [2.45, 2.75) is 6.54 Å². The molecule has 0 atom stereocenters. The van der Waals surface area contributed by atoms with Crippen molar-refractivity contribution >= 4 is 11.8 Å². The Morgan fingerprint density at radius 3 is 2.72 bits per heavy atom. The average Bonchev–Trinajstić information content (AvgIpc) is 2.44. The molecule has 92 valence electrons. The van der Waals surface area contributed by atoms with Gasteiger partial charge in [-0.05, 0) is 23.8 Å². The van der Waals surface area contributed by atoms with Gasteiger partial charge in [-0.3, -0.25) is 4.98 Å².